The van der Waals surface area contributed by atoms with E-state index in [9.17, 15) is 0 Å². The van der Waals surface area contributed by atoms with Crippen molar-refractivity contribution < 1.29 is 4.52 Å². The highest BCUT2D eigenvalue weighted by atomic mass is 16.5. The second kappa shape index (κ2) is 5.69. The van der Waals surface area contributed by atoms with Crippen molar-refractivity contribution in [2.75, 3.05) is 5.43 Å². The fourth-order valence-corrected chi connectivity index (χ4v) is 1.94. The van der Waals surface area contributed by atoms with Crippen LogP contribution in [0.3, 0.4) is 0 Å². The summed E-state index contributed by atoms with van der Waals surface area (Å²) < 4.78 is 5.27. The minimum atomic E-state index is 0.314. The van der Waals surface area contributed by atoms with E-state index in [0.29, 0.717) is 5.92 Å². The Morgan fingerprint density at radius 3 is 2.58 bits per heavy atom. The molecule has 0 atom stereocenters. The van der Waals surface area contributed by atoms with Crippen LogP contribution in [0.15, 0.2) is 40.0 Å². The van der Waals surface area contributed by atoms with E-state index in [1.165, 1.54) is 0 Å². The predicted molar refractivity (Wildman–Crippen MR) is 77.6 cm³/mol. The molecule has 0 aliphatic carbocycles. The number of rotatable bonds is 4. The van der Waals surface area contributed by atoms with E-state index in [4.69, 9.17) is 4.52 Å². The van der Waals surface area contributed by atoms with E-state index in [0.717, 1.165) is 28.4 Å². The average Bonchev–Trinajstić information content (AvgIpc) is 2.79. The van der Waals surface area contributed by atoms with Gasteiger partial charge in [-0.1, -0.05) is 37.2 Å². The highest BCUT2D eigenvalue weighted by molar-refractivity contribution is 6.00. The summed E-state index contributed by atoms with van der Waals surface area (Å²) in [6, 6.07) is 9.86. The van der Waals surface area contributed by atoms with E-state index in [1.54, 1.807) is 0 Å². The Kier molecular flexibility index (Phi) is 4.00. The zero-order valence-electron chi connectivity index (χ0n) is 11.8. The third-order valence-electron chi connectivity index (χ3n) is 2.92. The molecule has 0 aliphatic heterocycles. The number of hydrogen-bond acceptors (Lipinski definition) is 4. The highest BCUT2D eigenvalue weighted by Crippen LogP contribution is 2.22. The normalized spacial score (nSPS) is 11.9. The van der Waals surface area contributed by atoms with Crippen molar-refractivity contribution in [2.24, 2.45) is 5.10 Å². The van der Waals surface area contributed by atoms with Crippen LogP contribution in [0.4, 0.5) is 5.69 Å². The topological polar surface area (TPSA) is 50.4 Å². The largest absolute Gasteiger partial charge is 0.361 e. The first-order chi connectivity index (χ1) is 9.09. The molecule has 19 heavy (non-hydrogen) atoms. The lowest BCUT2D eigenvalue weighted by molar-refractivity contribution is 0.388. The van der Waals surface area contributed by atoms with Gasteiger partial charge in [0.05, 0.1) is 22.7 Å². The molecular weight excluding hydrogens is 238 g/mol. The molecule has 0 radical (unpaired) electrons. The van der Waals surface area contributed by atoms with Gasteiger partial charge in [-0.3, -0.25) is 5.43 Å². The summed E-state index contributed by atoms with van der Waals surface area (Å²) in [6.07, 6.45) is 0. The van der Waals surface area contributed by atoms with Crippen LogP contribution in [-0.4, -0.2) is 10.9 Å². The maximum absolute atomic E-state index is 5.27. The van der Waals surface area contributed by atoms with E-state index in [1.807, 2.05) is 44.2 Å². The molecule has 4 heteroatoms. The van der Waals surface area contributed by atoms with Crippen molar-refractivity contribution in [1.82, 2.24) is 5.16 Å². The van der Waals surface area contributed by atoms with Crippen molar-refractivity contribution in [1.29, 1.82) is 0 Å². The molecule has 0 unspecified atom stereocenters. The number of hydrazone groups is 1. The van der Waals surface area contributed by atoms with Gasteiger partial charge in [-0.05, 0) is 31.9 Å². The second-order valence-electron chi connectivity index (χ2n) is 4.83. The number of nitrogens with zero attached hydrogens (tertiary/aromatic N) is 2. The van der Waals surface area contributed by atoms with Crippen LogP contribution < -0.4 is 5.43 Å². The quantitative estimate of drug-likeness (QED) is 0.666. The Bertz CT molecular complexity index is 570. The summed E-state index contributed by atoms with van der Waals surface area (Å²) in [6.45, 7) is 8.06. The van der Waals surface area contributed by atoms with Crippen molar-refractivity contribution in [3.8, 4) is 0 Å². The Morgan fingerprint density at radius 1 is 1.26 bits per heavy atom. The lowest BCUT2D eigenvalue weighted by Gasteiger charge is -2.06. The highest BCUT2D eigenvalue weighted by Gasteiger charge is 2.17. The predicted octanol–water partition coefficient (Wildman–Crippen LogP) is 3.94. The Hall–Kier alpha value is -2.10. The fraction of sp³-hybridized carbons (Fsp3) is 0.333. The van der Waals surface area contributed by atoms with Crippen molar-refractivity contribution in [3.63, 3.8) is 0 Å². The van der Waals surface area contributed by atoms with E-state index in [-0.39, 0.29) is 0 Å². The van der Waals surface area contributed by atoms with Gasteiger partial charge in [0.25, 0.3) is 0 Å². The summed E-state index contributed by atoms with van der Waals surface area (Å²) >= 11 is 0. The molecule has 0 aliphatic rings. The van der Waals surface area contributed by atoms with Gasteiger partial charge in [-0.25, -0.2) is 0 Å². The van der Waals surface area contributed by atoms with Gasteiger partial charge < -0.3 is 4.52 Å². The van der Waals surface area contributed by atoms with Gasteiger partial charge in [0.1, 0.15) is 5.76 Å². The monoisotopic (exact) mass is 257 g/mol. The van der Waals surface area contributed by atoms with Crippen molar-refractivity contribution >= 4 is 11.4 Å². The molecule has 0 saturated carbocycles. The molecule has 1 aromatic carbocycles. The number of anilines is 1. The lowest BCUT2D eigenvalue weighted by atomic mass is 10.0. The first-order valence-corrected chi connectivity index (χ1v) is 6.41. The van der Waals surface area contributed by atoms with Crippen LogP contribution in [0.5, 0.6) is 0 Å². The zero-order valence-corrected chi connectivity index (χ0v) is 11.8. The molecule has 2 rings (SSSR count). The van der Waals surface area contributed by atoms with E-state index < -0.39 is 0 Å². The number of aryl methyl sites for hydroxylation is 1. The van der Waals surface area contributed by atoms with Crippen LogP contribution in [-0.2, 0) is 0 Å². The second-order valence-corrected chi connectivity index (χ2v) is 4.83. The maximum atomic E-state index is 5.27. The number of benzene rings is 1. The van der Waals surface area contributed by atoms with Crippen LogP contribution in [0, 0.1) is 6.92 Å². The number of nitrogens with one attached hydrogen (secondary N) is 1. The SMILES string of the molecule is CC(=NNc1ccccc1)c1c(C(C)C)noc1C. The first-order valence-electron chi connectivity index (χ1n) is 6.41. The van der Waals surface area contributed by atoms with Crippen LogP contribution in [0.1, 0.15) is 43.7 Å². The molecular formula is C15H19N3O. The van der Waals surface area contributed by atoms with Crippen molar-refractivity contribution in [3.05, 3.63) is 47.3 Å². The molecule has 0 saturated heterocycles. The Morgan fingerprint density at radius 2 is 1.95 bits per heavy atom. The molecule has 0 spiro atoms. The molecule has 1 heterocycles. The summed E-state index contributed by atoms with van der Waals surface area (Å²) in [5.41, 5.74) is 6.84. The fourth-order valence-electron chi connectivity index (χ4n) is 1.94. The molecule has 1 N–H and O–H groups in total. The molecule has 0 amide bonds. The van der Waals surface area contributed by atoms with Gasteiger partial charge >= 0.3 is 0 Å². The van der Waals surface area contributed by atoms with Crippen LogP contribution >= 0.6 is 0 Å². The molecule has 0 bridgehead atoms. The molecule has 0 fully saturated rings. The molecule has 4 nitrogen and oxygen atoms in total. The smallest absolute Gasteiger partial charge is 0.143 e. The van der Waals surface area contributed by atoms with E-state index >= 15 is 0 Å². The Labute approximate surface area is 113 Å². The minimum absolute atomic E-state index is 0.314. The average molecular weight is 257 g/mol. The number of aromatic nitrogens is 1. The maximum Gasteiger partial charge on any atom is 0.143 e. The Balaban J connectivity index is 2.24. The van der Waals surface area contributed by atoms with Crippen LogP contribution in [0.25, 0.3) is 0 Å². The standard InChI is InChI=1S/C15H19N3O/c1-10(2)15-14(12(4)19-18-15)11(3)16-17-13-8-6-5-7-9-13/h5-10,17H,1-4H3. The van der Waals surface area contributed by atoms with Crippen LogP contribution in [0.2, 0.25) is 0 Å². The summed E-state index contributed by atoms with van der Waals surface area (Å²) in [4.78, 5) is 0. The third-order valence-corrected chi connectivity index (χ3v) is 2.92. The lowest BCUT2D eigenvalue weighted by Crippen LogP contribution is -2.05. The van der Waals surface area contributed by atoms with Gasteiger partial charge in [-0.2, -0.15) is 5.10 Å². The number of hydrogen-bond donors (Lipinski definition) is 1. The number of para-hydroxylation sites is 1. The van der Waals surface area contributed by atoms with Gasteiger partial charge in [0, 0.05) is 0 Å². The van der Waals surface area contributed by atoms with Crippen molar-refractivity contribution in [2.45, 2.75) is 33.6 Å². The molecule has 2 aromatic rings. The summed E-state index contributed by atoms with van der Waals surface area (Å²) in [7, 11) is 0. The summed E-state index contributed by atoms with van der Waals surface area (Å²) in [5.74, 6) is 1.12. The molecule has 100 valence electrons. The summed E-state index contributed by atoms with van der Waals surface area (Å²) in [5, 5.41) is 8.52. The zero-order chi connectivity index (χ0) is 13.8. The first kappa shape index (κ1) is 13.3. The van der Waals surface area contributed by atoms with Gasteiger partial charge in [-0.15, -0.1) is 0 Å². The molecule has 1 aromatic heterocycles. The third kappa shape index (κ3) is 3.02. The van der Waals surface area contributed by atoms with Gasteiger partial charge in [0.2, 0.25) is 0 Å². The minimum Gasteiger partial charge on any atom is -0.361 e. The van der Waals surface area contributed by atoms with Gasteiger partial charge in [0.15, 0.2) is 0 Å². The van der Waals surface area contributed by atoms with E-state index in [2.05, 4.69) is 29.5 Å².